The van der Waals surface area contributed by atoms with Gasteiger partial charge in [-0.1, -0.05) is 6.42 Å². The maximum atomic E-state index is 13.5. The Bertz CT molecular complexity index is 193. The van der Waals surface area contributed by atoms with E-state index in [1.165, 1.54) is 6.42 Å². The lowest BCUT2D eigenvalue weighted by Crippen LogP contribution is -2.34. The van der Waals surface area contributed by atoms with Crippen LogP contribution >= 0.6 is 0 Å². The standard InChI is InChI=1S/C10H17F2N/c11-10(12,3-4-13)9-6-7-1-2-8(9)5-7/h7-9H,1-6,13H2. The van der Waals surface area contributed by atoms with Gasteiger partial charge in [-0.05, 0) is 37.6 Å². The zero-order valence-corrected chi connectivity index (χ0v) is 7.81. The highest BCUT2D eigenvalue weighted by Crippen LogP contribution is 2.54. The second kappa shape index (κ2) is 3.19. The summed E-state index contributed by atoms with van der Waals surface area (Å²) in [5.41, 5.74) is 5.20. The first-order valence-corrected chi connectivity index (χ1v) is 5.21. The zero-order valence-electron chi connectivity index (χ0n) is 7.81. The SMILES string of the molecule is NCCC(F)(F)C1CC2CCC1C2. The van der Waals surface area contributed by atoms with Crippen LogP contribution in [0.25, 0.3) is 0 Å². The van der Waals surface area contributed by atoms with E-state index in [0.717, 1.165) is 19.3 Å². The highest BCUT2D eigenvalue weighted by Gasteiger charge is 2.51. The van der Waals surface area contributed by atoms with Gasteiger partial charge >= 0.3 is 0 Å². The summed E-state index contributed by atoms with van der Waals surface area (Å²) in [5, 5.41) is 0. The lowest BCUT2D eigenvalue weighted by atomic mass is 9.83. The lowest BCUT2D eigenvalue weighted by molar-refractivity contribution is -0.0821. The fraction of sp³-hybridized carbons (Fsp3) is 1.00. The summed E-state index contributed by atoms with van der Waals surface area (Å²) >= 11 is 0. The molecule has 76 valence electrons. The molecule has 0 radical (unpaired) electrons. The van der Waals surface area contributed by atoms with Crippen molar-refractivity contribution in [2.75, 3.05) is 6.54 Å². The number of alkyl halides is 2. The number of hydrogen-bond donors (Lipinski definition) is 1. The van der Waals surface area contributed by atoms with E-state index >= 15 is 0 Å². The quantitative estimate of drug-likeness (QED) is 0.725. The van der Waals surface area contributed by atoms with E-state index in [4.69, 9.17) is 5.73 Å². The average molecular weight is 189 g/mol. The monoisotopic (exact) mass is 189 g/mol. The van der Waals surface area contributed by atoms with Crippen molar-refractivity contribution >= 4 is 0 Å². The van der Waals surface area contributed by atoms with Gasteiger partial charge < -0.3 is 5.73 Å². The van der Waals surface area contributed by atoms with E-state index in [1.807, 2.05) is 0 Å². The predicted octanol–water partition coefficient (Wildman–Crippen LogP) is 2.41. The van der Waals surface area contributed by atoms with Crippen molar-refractivity contribution in [3.63, 3.8) is 0 Å². The fourth-order valence-electron chi connectivity index (χ4n) is 3.14. The van der Waals surface area contributed by atoms with Crippen LogP contribution in [0.5, 0.6) is 0 Å². The molecule has 0 saturated heterocycles. The van der Waals surface area contributed by atoms with Crippen molar-refractivity contribution in [3.05, 3.63) is 0 Å². The van der Waals surface area contributed by atoms with E-state index in [2.05, 4.69) is 0 Å². The summed E-state index contributed by atoms with van der Waals surface area (Å²) < 4.78 is 27.0. The van der Waals surface area contributed by atoms with Gasteiger partial charge in [-0.15, -0.1) is 0 Å². The molecule has 0 aromatic rings. The average Bonchev–Trinajstić information content (AvgIpc) is 2.63. The van der Waals surface area contributed by atoms with E-state index in [-0.39, 0.29) is 18.9 Å². The van der Waals surface area contributed by atoms with Gasteiger partial charge in [-0.2, -0.15) is 0 Å². The number of fused-ring (bicyclic) bond motifs is 2. The number of rotatable bonds is 3. The van der Waals surface area contributed by atoms with Crippen LogP contribution in [0.15, 0.2) is 0 Å². The lowest BCUT2D eigenvalue weighted by Gasteiger charge is -2.29. The van der Waals surface area contributed by atoms with Crippen molar-refractivity contribution in [1.82, 2.24) is 0 Å². The highest BCUT2D eigenvalue weighted by molar-refractivity contribution is 4.96. The molecule has 0 heterocycles. The summed E-state index contributed by atoms with van der Waals surface area (Å²) in [6, 6.07) is 0. The Morgan fingerprint density at radius 1 is 1.23 bits per heavy atom. The fourth-order valence-corrected chi connectivity index (χ4v) is 3.14. The molecule has 0 aliphatic heterocycles. The topological polar surface area (TPSA) is 26.0 Å². The molecule has 3 atom stereocenters. The summed E-state index contributed by atoms with van der Waals surface area (Å²) in [6.45, 7) is 0.112. The maximum Gasteiger partial charge on any atom is 0.252 e. The Hall–Kier alpha value is -0.180. The minimum absolute atomic E-state index is 0.112. The molecule has 2 aliphatic rings. The Balaban J connectivity index is 2.01. The van der Waals surface area contributed by atoms with Crippen molar-refractivity contribution in [2.45, 2.75) is 38.0 Å². The van der Waals surface area contributed by atoms with E-state index in [0.29, 0.717) is 11.8 Å². The normalized spacial score (nSPS) is 38.5. The number of hydrogen-bond acceptors (Lipinski definition) is 1. The van der Waals surface area contributed by atoms with Crippen molar-refractivity contribution in [1.29, 1.82) is 0 Å². The third kappa shape index (κ3) is 1.58. The van der Waals surface area contributed by atoms with E-state index in [1.54, 1.807) is 0 Å². The number of halogens is 2. The molecule has 0 aromatic carbocycles. The van der Waals surface area contributed by atoms with E-state index in [9.17, 15) is 8.78 Å². The van der Waals surface area contributed by atoms with Crippen LogP contribution in [0.4, 0.5) is 8.78 Å². The first-order chi connectivity index (χ1) is 6.13. The molecule has 3 heteroatoms. The second-order valence-corrected chi connectivity index (χ2v) is 4.58. The molecule has 13 heavy (non-hydrogen) atoms. The second-order valence-electron chi connectivity index (χ2n) is 4.58. The third-order valence-electron chi connectivity index (χ3n) is 3.76. The Morgan fingerprint density at radius 2 is 2.00 bits per heavy atom. The third-order valence-corrected chi connectivity index (χ3v) is 3.76. The van der Waals surface area contributed by atoms with Crippen LogP contribution in [0.2, 0.25) is 0 Å². The van der Waals surface area contributed by atoms with Crippen LogP contribution < -0.4 is 5.73 Å². The Morgan fingerprint density at radius 3 is 2.46 bits per heavy atom. The van der Waals surface area contributed by atoms with Gasteiger partial charge in [0, 0.05) is 12.3 Å². The van der Waals surface area contributed by atoms with Gasteiger partial charge in [-0.25, -0.2) is 8.78 Å². The molecule has 3 unspecified atom stereocenters. The molecular weight excluding hydrogens is 172 g/mol. The minimum atomic E-state index is -2.49. The summed E-state index contributed by atoms with van der Waals surface area (Å²) in [5.74, 6) is -1.95. The Kier molecular flexibility index (Phi) is 2.30. The Labute approximate surface area is 77.7 Å². The first-order valence-electron chi connectivity index (χ1n) is 5.21. The molecule has 2 N–H and O–H groups in total. The predicted molar refractivity (Wildman–Crippen MR) is 47.6 cm³/mol. The smallest absolute Gasteiger partial charge is 0.252 e. The minimum Gasteiger partial charge on any atom is -0.330 e. The summed E-state index contributed by atoms with van der Waals surface area (Å²) in [6.07, 6.45) is 3.87. The van der Waals surface area contributed by atoms with Gasteiger partial charge in [0.05, 0.1) is 0 Å². The molecule has 0 aromatic heterocycles. The molecule has 2 saturated carbocycles. The van der Waals surface area contributed by atoms with Crippen LogP contribution in [0, 0.1) is 17.8 Å². The summed E-state index contributed by atoms with van der Waals surface area (Å²) in [7, 11) is 0. The van der Waals surface area contributed by atoms with Crippen molar-refractivity contribution < 1.29 is 8.78 Å². The van der Waals surface area contributed by atoms with Crippen molar-refractivity contribution in [3.8, 4) is 0 Å². The maximum absolute atomic E-state index is 13.5. The van der Waals surface area contributed by atoms with Crippen LogP contribution in [0.3, 0.4) is 0 Å². The molecule has 0 spiro atoms. The van der Waals surface area contributed by atoms with E-state index < -0.39 is 5.92 Å². The largest absolute Gasteiger partial charge is 0.330 e. The molecule has 1 nitrogen and oxygen atoms in total. The van der Waals surface area contributed by atoms with Gasteiger partial charge in [-0.3, -0.25) is 0 Å². The van der Waals surface area contributed by atoms with Crippen molar-refractivity contribution in [2.24, 2.45) is 23.5 Å². The highest BCUT2D eigenvalue weighted by atomic mass is 19.3. The van der Waals surface area contributed by atoms with Gasteiger partial charge in [0.1, 0.15) is 0 Å². The summed E-state index contributed by atoms with van der Waals surface area (Å²) in [4.78, 5) is 0. The van der Waals surface area contributed by atoms with Crippen LogP contribution in [-0.4, -0.2) is 12.5 Å². The van der Waals surface area contributed by atoms with Gasteiger partial charge in [0.2, 0.25) is 0 Å². The van der Waals surface area contributed by atoms with Crippen LogP contribution in [0.1, 0.15) is 32.1 Å². The first kappa shape index (κ1) is 9.38. The molecule has 2 bridgehead atoms. The molecule has 0 amide bonds. The zero-order chi connectivity index (χ0) is 9.47. The van der Waals surface area contributed by atoms with Crippen LogP contribution in [-0.2, 0) is 0 Å². The molecule has 2 rings (SSSR count). The molecule has 2 fully saturated rings. The van der Waals surface area contributed by atoms with Gasteiger partial charge in [0.25, 0.3) is 5.92 Å². The van der Waals surface area contributed by atoms with Gasteiger partial charge in [0.15, 0.2) is 0 Å². The number of nitrogens with two attached hydrogens (primary N) is 1. The molecular formula is C10H17F2N. The molecule has 2 aliphatic carbocycles.